The molecule has 1 aliphatic rings. The molecule has 4 heteroatoms. The number of aliphatic hydroxyl groups excluding tert-OH is 3. The van der Waals surface area contributed by atoms with Crippen molar-refractivity contribution in [3.05, 3.63) is 0 Å². The number of rotatable bonds is 1. The van der Waals surface area contributed by atoms with E-state index in [9.17, 15) is 15.3 Å². The van der Waals surface area contributed by atoms with Crippen molar-refractivity contribution < 1.29 is 20.1 Å². The lowest BCUT2D eigenvalue weighted by Crippen LogP contribution is -2.60. The second-order valence-corrected chi connectivity index (χ2v) is 5.34. The Kier molecular flexibility index (Phi) is 3.76. The van der Waals surface area contributed by atoms with E-state index >= 15 is 0 Å². The van der Waals surface area contributed by atoms with Crippen molar-refractivity contribution in [3.63, 3.8) is 0 Å². The van der Waals surface area contributed by atoms with Crippen LogP contribution in [-0.4, -0.2) is 45.8 Å². The van der Waals surface area contributed by atoms with Gasteiger partial charge in [0.25, 0.3) is 0 Å². The van der Waals surface area contributed by atoms with Gasteiger partial charge in [-0.05, 0) is 11.8 Å². The van der Waals surface area contributed by atoms with Gasteiger partial charge < -0.3 is 20.1 Å². The molecule has 1 saturated heterocycles. The lowest BCUT2D eigenvalue weighted by Gasteiger charge is -2.45. The van der Waals surface area contributed by atoms with Gasteiger partial charge in [-0.15, -0.1) is 0 Å². The molecule has 1 heterocycles. The molecule has 0 radical (unpaired) electrons. The van der Waals surface area contributed by atoms with Crippen LogP contribution in [0.25, 0.3) is 0 Å². The van der Waals surface area contributed by atoms with Crippen LogP contribution >= 0.6 is 0 Å². The molecular weight excluding hydrogens is 196 g/mol. The van der Waals surface area contributed by atoms with Gasteiger partial charge in [-0.3, -0.25) is 0 Å². The van der Waals surface area contributed by atoms with Gasteiger partial charge in [0.15, 0.2) is 0 Å². The highest BCUT2D eigenvalue weighted by atomic mass is 16.5. The summed E-state index contributed by atoms with van der Waals surface area (Å²) in [5.41, 5.74) is -0.256. The minimum Gasteiger partial charge on any atom is -0.388 e. The van der Waals surface area contributed by atoms with Crippen molar-refractivity contribution in [1.29, 1.82) is 0 Å². The summed E-state index contributed by atoms with van der Waals surface area (Å²) in [5, 5.41) is 29.2. The zero-order chi connectivity index (χ0) is 11.8. The van der Waals surface area contributed by atoms with Gasteiger partial charge in [-0.25, -0.2) is 0 Å². The quantitative estimate of drug-likeness (QED) is 0.592. The summed E-state index contributed by atoms with van der Waals surface area (Å²) in [4.78, 5) is 0. The molecule has 0 unspecified atom stereocenters. The third kappa shape index (κ3) is 2.50. The summed E-state index contributed by atoms with van der Waals surface area (Å²) < 4.78 is 5.63. The molecule has 4 nitrogen and oxygen atoms in total. The molecule has 15 heavy (non-hydrogen) atoms. The van der Waals surface area contributed by atoms with Crippen LogP contribution in [0.5, 0.6) is 0 Å². The van der Waals surface area contributed by atoms with Crippen molar-refractivity contribution in [3.8, 4) is 0 Å². The zero-order valence-corrected chi connectivity index (χ0v) is 9.84. The fourth-order valence-corrected chi connectivity index (χ4v) is 2.00. The van der Waals surface area contributed by atoms with E-state index in [4.69, 9.17) is 4.74 Å². The zero-order valence-electron chi connectivity index (χ0n) is 9.84. The average Bonchev–Trinajstić information content (AvgIpc) is 2.13. The number of hydrogen-bond acceptors (Lipinski definition) is 4. The summed E-state index contributed by atoms with van der Waals surface area (Å²) in [6.07, 6.45) is -3.36. The second kappa shape index (κ2) is 4.37. The molecule has 0 amide bonds. The van der Waals surface area contributed by atoms with Crippen molar-refractivity contribution in [2.45, 2.75) is 64.6 Å². The van der Waals surface area contributed by atoms with Crippen molar-refractivity contribution in [2.75, 3.05) is 0 Å². The molecule has 1 rings (SSSR count). The van der Waals surface area contributed by atoms with Gasteiger partial charge >= 0.3 is 0 Å². The van der Waals surface area contributed by atoms with Gasteiger partial charge in [0, 0.05) is 0 Å². The standard InChI is InChI=1S/C11H22O4/c1-5-6-7(12)8(13)9(14)10(15-6)11(2,3)4/h6-10,12-14H,5H2,1-4H3/t6-,7+,8+,9-,10-/m1/s1. The van der Waals surface area contributed by atoms with Crippen molar-refractivity contribution >= 4 is 0 Å². The lowest BCUT2D eigenvalue weighted by molar-refractivity contribution is -0.244. The predicted molar refractivity (Wildman–Crippen MR) is 56.4 cm³/mol. The second-order valence-electron chi connectivity index (χ2n) is 5.34. The largest absolute Gasteiger partial charge is 0.388 e. The highest BCUT2D eigenvalue weighted by molar-refractivity contribution is 4.95. The van der Waals surface area contributed by atoms with E-state index in [1.165, 1.54) is 0 Å². The first-order valence-electron chi connectivity index (χ1n) is 5.48. The maximum atomic E-state index is 9.82. The molecule has 0 aliphatic carbocycles. The average molecular weight is 218 g/mol. The Hall–Kier alpha value is -0.160. The normalized spacial score (nSPS) is 43.0. The van der Waals surface area contributed by atoms with Gasteiger partial charge in [0.1, 0.15) is 18.3 Å². The van der Waals surface area contributed by atoms with E-state index in [0.29, 0.717) is 6.42 Å². The Labute approximate surface area is 90.9 Å². The summed E-state index contributed by atoms with van der Waals surface area (Å²) >= 11 is 0. The van der Waals surface area contributed by atoms with Crippen LogP contribution in [0, 0.1) is 5.41 Å². The molecule has 0 aromatic rings. The minimum atomic E-state index is -1.12. The smallest absolute Gasteiger partial charge is 0.111 e. The van der Waals surface area contributed by atoms with Crippen LogP contribution in [0.2, 0.25) is 0 Å². The van der Waals surface area contributed by atoms with Gasteiger partial charge in [-0.2, -0.15) is 0 Å². The predicted octanol–water partition coefficient (Wildman–Crippen LogP) is 0.293. The summed E-state index contributed by atoms with van der Waals surface area (Å²) in [6.45, 7) is 7.71. The van der Waals surface area contributed by atoms with Crippen molar-refractivity contribution in [1.82, 2.24) is 0 Å². The van der Waals surface area contributed by atoms with E-state index in [1.54, 1.807) is 0 Å². The van der Waals surface area contributed by atoms with Crippen molar-refractivity contribution in [2.24, 2.45) is 5.41 Å². The van der Waals surface area contributed by atoms with E-state index in [2.05, 4.69) is 0 Å². The van der Waals surface area contributed by atoms with Gasteiger partial charge in [0.05, 0.1) is 12.2 Å². The fourth-order valence-electron chi connectivity index (χ4n) is 2.00. The number of ether oxygens (including phenoxy) is 1. The molecule has 3 N–H and O–H groups in total. The summed E-state index contributed by atoms with van der Waals surface area (Å²) in [6, 6.07) is 0. The highest BCUT2D eigenvalue weighted by Gasteiger charge is 2.46. The Morgan fingerprint density at radius 3 is 1.93 bits per heavy atom. The number of hydrogen-bond donors (Lipinski definition) is 3. The molecule has 5 atom stereocenters. The Morgan fingerprint density at radius 1 is 1.00 bits per heavy atom. The maximum absolute atomic E-state index is 9.82. The van der Waals surface area contributed by atoms with Crippen LogP contribution in [-0.2, 0) is 4.74 Å². The minimum absolute atomic E-state index is 0.256. The van der Waals surface area contributed by atoms with Gasteiger partial charge in [-0.1, -0.05) is 27.7 Å². The molecule has 0 bridgehead atoms. The SMILES string of the molecule is CC[C@H]1O[C@@H](C(C)(C)C)[C@H](O)[C@@H](O)[C@H]1O. The molecule has 0 aromatic carbocycles. The monoisotopic (exact) mass is 218 g/mol. The third-order valence-corrected chi connectivity index (χ3v) is 2.97. The summed E-state index contributed by atoms with van der Waals surface area (Å²) in [5.74, 6) is 0. The van der Waals surface area contributed by atoms with Crippen LogP contribution in [0.4, 0.5) is 0 Å². The molecular formula is C11H22O4. The summed E-state index contributed by atoms with van der Waals surface area (Å²) in [7, 11) is 0. The Balaban J connectivity index is 2.83. The van der Waals surface area contributed by atoms with Crippen LogP contribution in [0.3, 0.4) is 0 Å². The maximum Gasteiger partial charge on any atom is 0.111 e. The van der Waals surface area contributed by atoms with Gasteiger partial charge in [0.2, 0.25) is 0 Å². The number of aliphatic hydroxyl groups is 3. The van der Waals surface area contributed by atoms with Crippen LogP contribution < -0.4 is 0 Å². The molecule has 1 fully saturated rings. The third-order valence-electron chi connectivity index (χ3n) is 2.97. The molecule has 0 spiro atoms. The first-order chi connectivity index (χ1) is 6.79. The molecule has 90 valence electrons. The molecule has 1 aliphatic heterocycles. The molecule has 0 aromatic heterocycles. The molecule has 0 saturated carbocycles. The highest BCUT2D eigenvalue weighted by Crippen LogP contribution is 2.33. The fraction of sp³-hybridized carbons (Fsp3) is 1.00. The lowest BCUT2D eigenvalue weighted by atomic mass is 9.80. The first-order valence-corrected chi connectivity index (χ1v) is 5.48. The van der Waals surface area contributed by atoms with E-state index in [1.807, 2.05) is 27.7 Å². The van der Waals surface area contributed by atoms with E-state index < -0.39 is 30.5 Å². The van der Waals surface area contributed by atoms with E-state index in [0.717, 1.165) is 0 Å². The van der Waals surface area contributed by atoms with E-state index in [-0.39, 0.29) is 5.41 Å². The van der Waals surface area contributed by atoms with Crippen LogP contribution in [0.1, 0.15) is 34.1 Å². The topological polar surface area (TPSA) is 69.9 Å². The van der Waals surface area contributed by atoms with Crippen LogP contribution in [0.15, 0.2) is 0 Å². The Bertz CT molecular complexity index is 209. The Morgan fingerprint density at radius 2 is 1.53 bits per heavy atom. The first kappa shape index (κ1) is 12.9.